The van der Waals surface area contributed by atoms with Crippen LogP contribution in [0.3, 0.4) is 0 Å². The fraction of sp³-hybridized carbons (Fsp3) is 0.450. The summed E-state index contributed by atoms with van der Waals surface area (Å²) in [5.74, 6) is 0.509. The average Bonchev–Trinajstić information content (AvgIpc) is 3.14. The molecular formula is C20H25N5O3. The lowest BCUT2D eigenvalue weighted by Crippen LogP contribution is -2.47. The van der Waals surface area contributed by atoms with Gasteiger partial charge in [-0.3, -0.25) is 9.59 Å². The van der Waals surface area contributed by atoms with Gasteiger partial charge in [-0.25, -0.2) is 4.68 Å². The first-order chi connectivity index (χ1) is 13.6. The molecule has 0 spiro atoms. The van der Waals surface area contributed by atoms with Crippen LogP contribution in [0.25, 0.3) is 0 Å². The SMILES string of the molecule is CN1CCN(C(=O)Cc2ccc(NC(=O)c3cc4n(n3)CCCO4)cc2)CC1. The second kappa shape index (κ2) is 8.02. The predicted octanol–water partition coefficient (Wildman–Crippen LogP) is 1.23. The van der Waals surface area contributed by atoms with Crippen molar-refractivity contribution >= 4 is 17.5 Å². The van der Waals surface area contributed by atoms with Crippen molar-refractivity contribution < 1.29 is 14.3 Å². The maximum atomic E-state index is 12.4. The first-order valence-corrected chi connectivity index (χ1v) is 9.66. The summed E-state index contributed by atoms with van der Waals surface area (Å²) < 4.78 is 7.21. The number of fused-ring (bicyclic) bond motifs is 1. The van der Waals surface area contributed by atoms with Crippen LogP contribution in [0.2, 0.25) is 0 Å². The summed E-state index contributed by atoms with van der Waals surface area (Å²) in [6.45, 7) is 4.81. The van der Waals surface area contributed by atoms with E-state index in [1.807, 2.05) is 29.2 Å². The van der Waals surface area contributed by atoms with E-state index >= 15 is 0 Å². The molecule has 0 unspecified atom stereocenters. The van der Waals surface area contributed by atoms with Crippen molar-refractivity contribution in [1.82, 2.24) is 19.6 Å². The highest BCUT2D eigenvalue weighted by molar-refractivity contribution is 6.03. The molecule has 0 radical (unpaired) electrons. The van der Waals surface area contributed by atoms with E-state index in [2.05, 4.69) is 22.4 Å². The Morgan fingerprint density at radius 1 is 1.11 bits per heavy atom. The van der Waals surface area contributed by atoms with Gasteiger partial charge in [-0.2, -0.15) is 5.10 Å². The summed E-state index contributed by atoms with van der Waals surface area (Å²) >= 11 is 0. The largest absolute Gasteiger partial charge is 0.478 e. The predicted molar refractivity (Wildman–Crippen MR) is 105 cm³/mol. The number of carbonyl (C=O) groups excluding carboxylic acids is 2. The average molecular weight is 383 g/mol. The lowest BCUT2D eigenvalue weighted by molar-refractivity contribution is -0.132. The number of hydrogen-bond acceptors (Lipinski definition) is 5. The number of anilines is 1. The highest BCUT2D eigenvalue weighted by atomic mass is 16.5. The Balaban J connectivity index is 1.33. The van der Waals surface area contributed by atoms with Crippen molar-refractivity contribution in [3.63, 3.8) is 0 Å². The normalized spacial score (nSPS) is 17.0. The fourth-order valence-electron chi connectivity index (χ4n) is 3.42. The van der Waals surface area contributed by atoms with E-state index in [1.54, 1.807) is 10.7 Å². The van der Waals surface area contributed by atoms with Crippen LogP contribution in [0.1, 0.15) is 22.5 Å². The Labute approximate surface area is 164 Å². The topological polar surface area (TPSA) is 79.7 Å². The van der Waals surface area contributed by atoms with Gasteiger partial charge in [0.05, 0.1) is 13.0 Å². The van der Waals surface area contributed by atoms with Crippen molar-refractivity contribution in [3.8, 4) is 5.88 Å². The summed E-state index contributed by atoms with van der Waals surface area (Å²) in [6.07, 6.45) is 1.27. The third-order valence-corrected chi connectivity index (χ3v) is 5.16. The maximum absolute atomic E-state index is 12.4. The van der Waals surface area contributed by atoms with Crippen LogP contribution < -0.4 is 10.1 Å². The summed E-state index contributed by atoms with van der Waals surface area (Å²) in [4.78, 5) is 29.0. The van der Waals surface area contributed by atoms with Gasteiger partial charge in [-0.15, -0.1) is 0 Å². The van der Waals surface area contributed by atoms with Crippen LogP contribution in [-0.4, -0.2) is 71.2 Å². The molecular weight excluding hydrogens is 358 g/mol. The number of benzene rings is 1. The number of amides is 2. The molecule has 0 atom stereocenters. The highest BCUT2D eigenvalue weighted by Gasteiger charge is 2.20. The van der Waals surface area contributed by atoms with Gasteiger partial charge in [0.25, 0.3) is 5.91 Å². The Hall–Kier alpha value is -2.87. The fourth-order valence-corrected chi connectivity index (χ4v) is 3.42. The van der Waals surface area contributed by atoms with E-state index in [0.29, 0.717) is 30.3 Å². The monoisotopic (exact) mass is 383 g/mol. The smallest absolute Gasteiger partial charge is 0.276 e. The number of rotatable bonds is 4. The maximum Gasteiger partial charge on any atom is 0.276 e. The molecule has 1 aromatic heterocycles. The highest BCUT2D eigenvalue weighted by Crippen LogP contribution is 2.19. The van der Waals surface area contributed by atoms with Gasteiger partial charge < -0.3 is 19.9 Å². The number of aryl methyl sites for hydroxylation is 1. The first kappa shape index (κ1) is 18.5. The number of aromatic nitrogens is 2. The molecule has 1 saturated heterocycles. The molecule has 0 aliphatic carbocycles. The second-order valence-electron chi connectivity index (χ2n) is 7.30. The number of likely N-dealkylation sites (N-methyl/N-ethyl adjacent to an activating group) is 1. The lowest BCUT2D eigenvalue weighted by atomic mass is 10.1. The third kappa shape index (κ3) is 4.17. The van der Waals surface area contributed by atoms with Gasteiger partial charge in [-0.05, 0) is 24.7 Å². The van der Waals surface area contributed by atoms with E-state index in [9.17, 15) is 9.59 Å². The molecule has 0 saturated carbocycles. The van der Waals surface area contributed by atoms with Crippen molar-refractivity contribution in [3.05, 3.63) is 41.6 Å². The Kier molecular flexibility index (Phi) is 5.29. The van der Waals surface area contributed by atoms with E-state index in [1.165, 1.54) is 0 Å². The van der Waals surface area contributed by atoms with E-state index in [-0.39, 0.29) is 11.8 Å². The summed E-state index contributed by atoms with van der Waals surface area (Å²) in [6, 6.07) is 9.06. The number of nitrogens with one attached hydrogen (secondary N) is 1. The number of ether oxygens (including phenoxy) is 1. The van der Waals surface area contributed by atoms with Gasteiger partial charge in [-0.1, -0.05) is 12.1 Å². The van der Waals surface area contributed by atoms with Crippen molar-refractivity contribution in [2.75, 3.05) is 45.2 Å². The van der Waals surface area contributed by atoms with Crippen molar-refractivity contribution in [2.24, 2.45) is 0 Å². The van der Waals surface area contributed by atoms with E-state index < -0.39 is 0 Å². The van der Waals surface area contributed by atoms with Crippen LogP contribution in [0.4, 0.5) is 5.69 Å². The zero-order valence-electron chi connectivity index (χ0n) is 16.1. The van der Waals surface area contributed by atoms with Gasteiger partial charge in [0.2, 0.25) is 11.8 Å². The zero-order chi connectivity index (χ0) is 19.5. The summed E-state index contributed by atoms with van der Waals surface area (Å²) in [5, 5.41) is 7.13. The second-order valence-corrected chi connectivity index (χ2v) is 7.30. The van der Waals surface area contributed by atoms with Crippen LogP contribution in [0.5, 0.6) is 5.88 Å². The first-order valence-electron chi connectivity index (χ1n) is 9.66. The minimum absolute atomic E-state index is 0.147. The molecule has 4 rings (SSSR count). The van der Waals surface area contributed by atoms with Crippen molar-refractivity contribution in [2.45, 2.75) is 19.4 Å². The molecule has 148 valence electrons. The van der Waals surface area contributed by atoms with Gasteiger partial charge in [0.15, 0.2) is 5.69 Å². The molecule has 2 aromatic rings. The minimum Gasteiger partial charge on any atom is -0.478 e. The molecule has 8 nitrogen and oxygen atoms in total. The molecule has 0 bridgehead atoms. The van der Waals surface area contributed by atoms with E-state index in [4.69, 9.17) is 4.74 Å². The van der Waals surface area contributed by atoms with Gasteiger partial charge in [0.1, 0.15) is 0 Å². The number of nitrogens with zero attached hydrogens (tertiary/aromatic N) is 4. The molecule has 1 fully saturated rings. The summed E-state index contributed by atoms with van der Waals surface area (Å²) in [5.41, 5.74) is 1.95. The lowest BCUT2D eigenvalue weighted by Gasteiger charge is -2.32. The molecule has 1 aromatic carbocycles. The number of piperazine rings is 1. The Bertz CT molecular complexity index is 830. The minimum atomic E-state index is -0.272. The quantitative estimate of drug-likeness (QED) is 0.859. The molecule has 8 heteroatoms. The van der Waals surface area contributed by atoms with E-state index in [0.717, 1.165) is 44.7 Å². The zero-order valence-corrected chi connectivity index (χ0v) is 16.1. The third-order valence-electron chi connectivity index (χ3n) is 5.16. The molecule has 3 heterocycles. The Morgan fingerprint density at radius 2 is 1.86 bits per heavy atom. The summed E-state index contributed by atoms with van der Waals surface area (Å²) in [7, 11) is 2.07. The molecule has 2 aliphatic rings. The standard InChI is InChI=1S/C20H25N5O3/c1-23-8-10-24(11-9-23)18(26)13-15-3-5-16(6-4-15)21-20(27)17-14-19-25(22-17)7-2-12-28-19/h3-6,14H,2,7-13H2,1H3,(H,21,27). The number of carbonyl (C=O) groups is 2. The van der Waals surface area contributed by atoms with Crippen LogP contribution in [-0.2, 0) is 17.8 Å². The van der Waals surface area contributed by atoms with Crippen LogP contribution >= 0.6 is 0 Å². The Morgan fingerprint density at radius 3 is 2.57 bits per heavy atom. The van der Waals surface area contributed by atoms with Gasteiger partial charge in [0, 0.05) is 50.9 Å². The molecule has 2 amide bonds. The van der Waals surface area contributed by atoms with Crippen LogP contribution in [0, 0.1) is 0 Å². The van der Waals surface area contributed by atoms with Crippen molar-refractivity contribution in [1.29, 1.82) is 0 Å². The number of hydrogen-bond donors (Lipinski definition) is 1. The van der Waals surface area contributed by atoms with Crippen LogP contribution in [0.15, 0.2) is 30.3 Å². The molecule has 1 N–H and O–H groups in total. The molecule has 2 aliphatic heterocycles. The molecule has 28 heavy (non-hydrogen) atoms. The van der Waals surface area contributed by atoms with Gasteiger partial charge >= 0.3 is 0 Å².